The van der Waals surface area contributed by atoms with Crippen LogP contribution in [0.2, 0.25) is 0 Å². The average Bonchev–Trinajstić information content (AvgIpc) is 2.85. The number of piperidine rings is 1. The topological polar surface area (TPSA) is 116 Å². The summed E-state index contributed by atoms with van der Waals surface area (Å²) in [4.78, 5) is 24.8. The van der Waals surface area contributed by atoms with Crippen LogP contribution in [0.3, 0.4) is 0 Å². The Kier molecular flexibility index (Phi) is 5.26. The van der Waals surface area contributed by atoms with Crippen molar-refractivity contribution in [2.75, 3.05) is 6.54 Å². The molecule has 0 bridgehead atoms. The number of likely N-dealkylation sites (tertiary alicyclic amines) is 1. The summed E-state index contributed by atoms with van der Waals surface area (Å²) in [5.41, 5.74) is 6.12. The number of aryl methyl sites for hydroxylation is 1. The minimum atomic E-state index is -0.887. The Morgan fingerprint density at radius 3 is 2.75 bits per heavy atom. The third-order valence-corrected chi connectivity index (χ3v) is 3.68. The second-order valence-corrected chi connectivity index (χ2v) is 5.09. The molecule has 2 atom stereocenters. The third kappa shape index (κ3) is 2.98. The van der Waals surface area contributed by atoms with Crippen molar-refractivity contribution < 1.29 is 9.59 Å². The van der Waals surface area contributed by atoms with Crippen molar-refractivity contribution >= 4 is 11.8 Å². The van der Waals surface area contributed by atoms with Gasteiger partial charge in [-0.15, -0.1) is 0 Å². The smallest absolute Gasteiger partial charge is 0.312 e. The number of hydrogen-bond acceptors (Lipinski definition) is 4. The molecule has 0 aliphatic carbocycles. The summed E-state index contributed by atoms with van der Waals surface area (Å²) >= 11 is 0. The van der Waals surface area contributed by atoms with Crippen LogP contribution in [0.15, 0.2) is 12.3 Å². The van der Waals surface area contributed by atoms with Gasteiger partial charge in [0.1, 0.15) is 0 Å². The number of primary amides is 1. The van der Waals surface area contributed by atoms with Crippen molar-refractivity contribution in [3.05, 3.63) is 18.0 Å². The molecule has 2 amide bonds. The largest absolute Gasteiger partial charge is 0.361 e. The van der Waals surface area contributed by atoms with Gasteiger partial charge in [-0.2, -0.15) is 5.10 Å². The SMILES string of the molecule is CCn1nccc1C1CCC(C)CN1C(=O)C(N)=O.N. The van der Waals surface area contributed by atoms with Gasteiger partial charge < -0.3 is 16.8 Å². The quantitative estimate of drug-likeness (QED) is 0.781. The van der Waals surface area contributed by atoms with E-state index in [9.17, 15) is 9.59 Å². The van der Waals surface area contributed by atoms with Crippen molar-refractivity contribution in [3.63, 3.8) is 0 Å². The fourth-order valence-electron chi connectivity index (χ4n) is 2.72. The van der Waals surface area contributed by atoms with E-state index in [0.29, 0.717) is 12.5 Å². The number of hydrogen-bond donors (Lipinski definition) is 2. The molecule has 20 heavy (non-hydrogen) atoms. The average molecular weight is 281 g/mol. The number of nitrogens with two attached hydrogens (primary N) is 1. The Morgan fingerprint density at radius 1 is 1.45 bits per heavy atom. The maximum Gasteiger partial charge on any atom is 0.312 e. The molecule has 0 aromatic carbocycles. The van der Waals surface area contributed by atoms with Gasteiger partial charge in [0, 0.05) is 19.3 Å². The minimum absolute atomic E-state index is 0. The maximum absolute atomic E-state index is 12.0. The van der Waals surface area contributed by atoms with Crippen LogP contribution in [0.5, 0.6) is 0 Å². The zero-order chi connectivity index (χ0) is 14.0. The lowest BCUT2D eigenvalue weighted by molar-refractivity contribution is -0.147. The molecular weight excluding hydrogens is 258 g/mol. The summed E-state index contributed by atoms with van der Waals surface area (Å²) in [5.74, 6) is -1.10. The summed E-state index contributed by atoms with van der Waals surface area (Å²) < 4.78 is 1.86. The first-order valence-electron chi connectivity index (χ1n) is 6.66. The summed E-state index contributed by atoms with van der Waals surface area (Å²) in [6.07, 6.45) is 3.60. The van der Waals surface area contributed by atoms with Gasteiger partial charge in [-0.25, -0.2) is 0 Å². The van der Waals surface area contributed by atoms with Gasteiger partial charge in [0.05, 0.1) is 11.7 Å². The van der Waals surface area contributed by atoms with Crippen molar-refractivity contribution in [2.45, 2.75) is 39.3 Å². The molecule has 1 aliphatic rings. The van der Waals surface area contributed by atoms with Gasteiger partial charge in [-0.3, -0.25) is 14.3 Å². The standard InChI is InChI=1S/C13H20N4O2.H3N/c1-3-17-11(6-7-15-17)10-5-4-9(2)8-16(10)13(19)12(14)18;/h6-7,9-10H,3-5,8H2,1-2H3,(H2,14,18);1H3. The minimum Gasteiger partial charge on any atom is -0.361 e. The fraction of sp³-hybridized carbons (Fsp3) is 0.615. The highest BCUT2D eigenvalue weighted by atomic mass is 16.2. The van der Waals surface area contributed by atoms with Gasteiger partial charge in [0.15, 0.2) is 0 Å². The molecule has 7 nitrogen and oxygen atoms in total. The van der Waals surface area contributed by atoms with Crippen LogP contribution < -0.4 is 11.9 Å². The van der Waals surface area contributed by atoms with Crippen molar-refractivity contribution in [1.82, 2.24) is 20.8 Å². The summed E-state index contributed by atoms with van der Waals surface area (Å²) in [6.45, 7) is 5.39. The molecule has 1 aromatic heterocycles. The highest BCUT2D eigenvalue weighted by Crippen LogP contribution is 2.33. The molecular formula is C13H23N5O2. The molecule has 1 aliphatic heterocycles. The Hall–Kier alpha value is -1.89. The van der Waals surface area contributed by atoms with Gasteiger partial charge in [-0.05, 0) is 31.7 Å². The lowest BCUT2D eigenvalue weighted by Crippen LogP contribution is -2.47. The monoisotopic (exact) mass is 281 g/mol. The molecule has 112 valence electrons. The molecule has 0 radical (unpaired) electrons. The molecule has 0 saturated carbocycles. The molecule has 5 N–H and O–H groups in total. The first kappa shape index (κ1) is 16.2. The predicted molar refractivity (Wildman–Crippen MR) is 75.0 cm³/mol. The normalized spacial score (nSPS) is 22.2. The van der Waals surface area contributed by atoms with Gasteiger partial charge in [0.25, 0.3) is 0 Å². The van der Waals surface area contributed by atoms with Gasteiger partial charge >= 0.3 is 11.8 Å². The highest BCUT2D eigenvalue weighted by Gasteiger charge is 2.34. The van der Waals surface area contributed by atoms with Crippen LogP contribution in [-0.4, -0.2) is 33.0 Å². The van der Waals surface area contributed by atoms with Gasteiger partial charge in [-0.1, -0.05) is 6.92 Å². The number of aromatic nitrogens is 2. The number of amides is 2. The Bertz CT molecular complexity index is 485. The molecule has 2 unspecified atom stereocenters. The lowest BCUT2D eigenvalue weighted by Gasteiger charge is -2.38. The van der Waals surface area contributed by atoms with E-state index in [4.69, 9.17) is 5.73 Å². The zero-order valence-corrected chi connectivity index (χ0v) is 12.1. The van der Waals surface area contributed by atoms with E-state index in [2.05, 4.69) is 12.0 Å². The van der Waals surface area contributed by atoms with E-state index in [0.717, 1.165) is 25.1 Å². The molecule has 0 spiro atoms. The van der Waals surface area contributed by atoms with Crippen LogP contribution in [0.4, 0.5) is 0 Å². The molecule has 2 rings (SSSR count). The summed E-state index contributed by atoms with van der Waals surface area (Å²) in [6, 6.07) is 1.81. The van der Waals surface area contributed by atoms with Crippen LogP contribution in [-0.2, 0) is 16.1 Å². The van der Waals surface area contributed by atoms with E-state index < -0.39 is 11.8 Å². The lowest BCUT2D eigenvalue weighted by atomic mass is 9.92. The van der Waals surface area contributed by atoms with Crippen LogP contribution >= 0.6 is 0 Å². The summed E-state index contributed by atoms with van der Waals surface area (Å²) in [5, 5.41) is 4.23. The Balaban J connectivity index is 0.00000200. The van der Waals surface area contributed by atoms with E-state index in [1.54, 1.807) is 11.1 Å². The van der Waals surface area contributed by atoms with Crippen molar-refractivity contribution in [1.29, 1.82) is 0 Å². The van der Waals surface area contributed by atoms with E-state index >= 15 is 0 Å². The van der Waals surface area contributed by atoms with Crippen LogP contribution in [0.25, 0.3) is 0 Å². The molecule has 1 aromatic rings. The highest BCUT2D eigenvalue weighted by molar-refractivity contribution is 6.34. The van der Waals surface area contributed by atoms with Crippen molar-refractivity contribution in [2.24, 2.45) is 11.7 Å². The number of nitrogens with zero attached hydrogens (tertiary/aromatic N) is 3. The Labute approximate surface area is 118 Å². The van der Waals surface area contributed by atoms with Gasteiger partial charge in [0.2, 0.25) is 0 Å². The van der Waals surface area contributed by atoms with E-state index in [1.165, 1.54) is 0 Å². The third-order valence-electron chi connectivity index (χ3n) is 3.68. The second-order valence-electron chi connectivity index (χ2n) is 5.09. The molecule has 1 fully saturated rings. The van der Waals surface area contributed by atoms with Crippen LogP contribution in [0.1, 0.15) is 38.4 Å². The van der Waals surface area contributed by atoms with E-state index in [1.807, 2.05) is 17.7 Å². The first-order chi connectivity index (χ1) is 9.04. The molecule has 2 heterocycles. The number of rotatable bonds is 2. The van der Waals surface area contributed by atoms with Crippen LogP contribution in [0, 0.1) is 5.92 Å². The molecule has 1 saturated heterocycles. The fourth-order valence-corrected chi connectivity index (χ4v) is 2.72. The Morgan fingerprint density at radius 2 is 2.15 bits per heavy atom. The maximum atomic E-state index is 12.0. The number of carbonyl (C=O) groups excluding carboxylic acids is 2. The first-order valence-corrected chi connectivity index (χ1v) is 6.66. The second kappa shape index (κ2) is 6.51. The van der Waals surface area contributed by atoms with Crippen molar-refractivity contribution in [3.8, 4) is 0 Å². The predicted octanol–water partition coefficient (Wildman–Crippen LogP) is 0.850. The number of carbonyl (C=O) groups is 2. The zero-order valence-electron chi connectivity index (χ0n) is 12.1. The van der Waals surface area contributed by atoms with E-state index in [-0.39, 0.29) is 12.2 Å². The summed E-state index contributed by atoms with van der Waals surface area (Å²) in [7, 11) is 0. The molecule has 7 heteroatoms.